The van der Waals surface area contributed by atoms with Crippen LogP contribution >= 0.6 is 0 Å². The number of rotatable bonds is 28. The molecule has 1 saturated heterocycles. The Labute approximate surface area is 489 Å². The molecule has 2 aromatic carbocycles. The number of unbranched alkanes of at least 4 members (excludes halogenated alkanes) is 2. The molecule has 30 nitrogen and oxygen atoms in total. The third-order valence-electron chi connectivity index (χ3n) is 13.3. The topological polar surface area (TPSA) is 542 Å². The Kier molecular flexibility index (Phi) is 32.1. The van der Waals surface area contributed by atoms with Crippen molar-refractivity contribution >= 4 is 71.1 Å². The summed E-state index contributed by atoms with van der Waals surface area (Å²) in [5, 5.41) is 22.2. The zero-order valence-corrected chi connectivity index (χ0v) is 47.8. The lowest BCUT2D eigenvalue weighted by atomic mass is 10.0. The lowest BCUT2D eigenvalue weighted by Gasteiger charge is -2.29. The fourth-order valence-electron chi connectivity index (χ4n) is 8.91. The molecule has 1 heterocycles. The van der Waals surface area contributed by atoms with Gasteiger partial charge in [-0.15, -0.1) is 0 Å². The van der Waals surface area contributed by atoms with Gasteiger partial charge >= 0.3 is 0 Å². The monoisotopic (exact) mass is 1170 g/mol. The molecule has 1 fully saturated rings. The molecule has 84 heavy (non-hydrogen) atoms. The first kappa shape index (κ1) is 69.5. The van der Waals surface area contributed by atoms with E-state index in [-0.39, 0.29) is 140 Å². The van der Waals surface area contributed by atoms with Gasteiger partial charge in [0.15, 0.2) is 23.8 Å². The minimum absolute atomic E-state index is 0.0252. The SMILES string of the molecule is NCCCC[C@@H]1NC(=O)[C@@H](Cc2ccccc2)NC(=O)[C@H](CCCN=C(N)N)NC(=O)[C@H](CCCN=C(N)N)NC(=O)[C@H](CCCCN)NC(=O)[C@@H](Cc2ccccc2)NC(=O)[C@H](CCCN=C(N)N)NC(=O)[C@H](CCCN=C(N)N)NC1=O. The number of nitrogens with one attached hydrogen (secondary N) is 8. The molecule has 2 aromatic rings. The van der Waals surface area contributed by atoms with Gasteiger partial charge in [-0.3, -0.25) is 58.3 Å². The Morgan fingerprint density at radius 3 is 0.714 bits per heavy atom. The zero-order chi connectivity index (χ0) is 61.8. The first-order chi connectivity index (χ1) is 40.2. The smallest absolute Gasteiger partial charge is 0.243 e. The quantitative estimate of drug-likeness (QED) is 0.0215. The van der Waals surface area contributed by atoms with Crippen molar-refractivity contribution in [2.24, 2.45) is 77.3 Å². The van der Waals surface area contributed by atoms with Crippen LogP contribution in [0.4, 0.5) is 0 Å². The van der Waals surface area contributed by atoms with Crippen molar-refractivity contribution in [3.8, 4) is 0 Å². The van der Waals surface area contributed by atoms with Crippen molar-refractivity contribution in [3.05, 3.63) is 71.8 Å². The Balaban J connectivity index is 2.34. The average molecular weight is 1180 g/mol. The Bertz CT molecular complexity index is 2350. The molecule has 8 atom stereocenters. The number of amides is 8. The van der Waals surface area contributed by atoms with Crippen LogP contribution in [0.25, 0.3) is 0 Å². The number of guanidine groups is 4. The highest BCUT2D eigenvalue weighted by Gasteiger charge is 2.36. The second kappa shape index (κ2) is 38.8. The predicted molar refractivity (Wildman–Crippen MR) is 321 cm³/mol. The van der Waals surface area contributed by atoms with Crippen LogP contribution in [-0.2, 0) is 51.2 Å². The van der Waals surface area contributed by atoms with E-state index in [9.17, 15) is 38.4 Å². The lowest BCUT2D eigenvalue weighted by Crippen LogP contribution is -2.61. The van der Waals surface area contributed by atoms with Gasteiger partial charge in [-0.05, 0) is 114 Å². The van der Waals surface area contributed by atoms with Gasteiger partial charge in [-0.25, -0.2) is 0 Å². The number of hydrogen-bond donors (Lipinski definition) is 18. The summed E-state index contributed by atoms with van der Waals surface area (Å²) in [6.45, 7) is 0.656. The maximum atomic E-state index is 14.7. The van der Waals surface area contributed by atoms with Crippen LogP contribution in [0.3, 0.4) is 0 Å². The van der Waals surface area contributed by atoms with Crippen molar-refractivity contribution < 1.29 is 38.4 Å². The number of carbonyl (C=O) groups is 8. The van der Waals surface area contributed by atoms with E-state index in [1.807, 2.05) is 0 Å². The molecule has 8 amide bonds. The fraction of sp³-hybridized carbons (Fsp3) is 0.556. The molecule has 0 aromatic heterocycles. The van der Waals surface area contributed by atoms with Gasteiger partial charge in [-0.2, -0.15) is 0 Å². The van der Waals surface area contributed by atoms with Crippen LogP contribution in [0.1, 0.15) is 101 Å². The van der Waals surface area contributed by atoms with E-state index in [4.69, 9.17) is 57.3 Å². The third-order valence-corrected chi connectivity index (χ3v) is 13.3. The Hall–Kier alpha value is -8.80. The summed E-state index contributed by atoms with van der Waals surface area (Å²) in [5.41, 5.74) is 57.8. The molecule has 0 saturated carbocycles. The maximum Gasteiger partial charge on any atom is 0.243 e. The van der Waals surface area contributed by atoms with Gasteiger partial charge in [0.05, 0.1) is 0 Å². The van der Waals surface area contributed by atoms with E-state index in [0.717, 1.165) is 0 Å². The number of nitrogens with two attached hydrogens (primary N) is 10. The number of nitrogens with zero attached hydrogens (tertiary/aromatic N) is 4. The second-order valence-corrected chi connectivity index (χ2v) is 20.2. The van der Waals surface area contributed by atoms with E-state index in [2.05, 4.69) is 62.5 Å². The standard InChI is InChI=1S/C54H90N22O8/c55-25-9-7-19-35-43(77)69-38(22-12-28-66-52(59)60)46(80)72-40(24-14-30-68-54(63)64)48(82)76-42(32-34-17-5-2-6-18-34)50(84)74-36(20-8-10-26-56)44(78)70-37(21-11-27-65-51(57)58)45(79)71-39(23-13-29-67-53(61)62)47(81)75-41(49(83)73-35)31-33-15-3-1-4-16-33/h1-6,15-18,35-42H,7-14,19-32,55-56H2,(H,69,77)(H,70,78)(H,71,79)(H,72,80)(H,73,83)(H,74,84)(H,75,81)(H,76,82)(H4,57,58,65)(H4,59,60,66)(H4,61,62,67)(H4,63,64,68)/t35-,36-,37-,38-,39-,40-,41+,42+/m0/s1. The maximum absolute atomic E-state index is 14.7. The molecule has 0 aliphatic carbocycles. The molecular formula is C54H90N22O8. The molecule has 0 unspecified atom stereocenters. The van der Waals surface area contributed by atoms with Crippen molar-refractivity contribution in [2.75, 3.05) is 39.3 Å². The van der Waals surface area contributed by atoms with Gasteiger partial charge in [0, 0.05) is 39.0 Å². The summed E-state index contributed by atoms with van der Waals surface area (Å²) in [6, 6.07) is 6.44. The van der Waals surface area contributed by atoms with Gasteiger partial charge in [-0.1, -0.05) is 60.7 Å². The van der Waals surface area contributed by atoms with Crippen LogP contribution in [0.5, 0.6) is 0 Å². The minimum atomic E-state index is -1.39. The summed E-state index contributed by atoms with van der Waals surface area (Å²) < 4.78 is 0. The molecule has 0 radical (unpaired) electrons. The summed E-state index contributed by atoms with van der Waals surface area (Å²) in [7, 11) is 0. The molecule has 0 bridgehead atoms. The molecule has 28 N–H and O–H groups in total. The normalized spacial score (nSPS) is 21.5. The van der Waals surface area contributed by atoms with Crippen LogP contribution < -0.4 is 99.9 Å². The number of carbonyl (C=O) groups excluding carboxylic acids is 8. The fourth-order valence-corrected chi connectivity index (χ4v) is 8.91. The Morgan fingerprint density at radius 2 is 0.500 bits per heavy atom. The molecular weight excluding hydrogens is 1080 g/mol. The van der Waals surface area contributed by atoms with Gasteiger partial charge in [0.2, 0.25) is 47.3 Å². The molecule has 1 aliphatic rings. The van der Waals surface area contributed by atoms with Crippen LogP contribution in [-0.4, -0.2) is 159 Å². The first-order valence-corrected chi connectivity index (χ1v) is 28.3. The molecule has 464 valence electrons. The van der Waals surface area contributed by atoms with Crippen LogP contribution in [0.2, 0.25) is 0 Å². The van der Waals surface area contributed by atoms with Gasteiger partial charge in [0.1, 0.15) is 48.3 Å². The van der Waals surface area contributed by atoms with E-state index in [1.54, 1.807) is 60.7 Å². The van der Waals surface area contributed by atoms with E-state index < -0.39 is 95.6 Å². The van der Waals surface area contributed by atoms with Crippen molar-refractivity contribution in [1.29, 1.82) is 0 Å². The summed E-state index contributed by atoms with van der Waals surface area (Å²) in [4.78, 5) is 134. The number of hydrogen-bond acceptors (Lipinski definition) is 14. The lowest BCUT2D eigenvalue weighted by molar-refractivity contribution is -0.137. The average Bonchev–Trinajstić information content (AvgIpc) is 3.66. The Morgan fingerprint density at radius 1 is 0.298 bits per heavy atom. The third kappa shape index (κ3) is 27.8. The largest absolute Gasteiger partial charge is 0.370 e. The van der Waals surface area contributed by atoms with Crippen molar-refractivity contribution in [3.63, 3.8) is 0 Å². The van der Waals surface area contributed by atoms with Gasteiger partial charge in [0.25, 0.3) is 0 Å². The van der Waals surface area contributed by atoms with Gasteiger partial charge < -0.3 is 99.9 Å². The zero-order valence-electron chi connectivity index (χ0n) is 47.8. The summed E-state index contributed by atoms with van der Waals surface area (Å²) in [5.74, 6) is -7.36. The van der Waals surface area contributed by atoms with Crippen LogP contribution in [0.15, 0.2) is 80.6 Å². The second-order valence-electron chi connectivity index (χ2n) is 20.2. The van der Waals surface area contributed by atoms with E-state index >= 15 is 0 Å². The first-order valence-electron chi connectivity index (χ1n) is 28.3. The van der Waals surface area contributed by atoms with Crippen LogP contribution in [0, 0.1) is 0 Å². The van der Waals surface area contributed by atoms with Crippen molar-refractivity contribution in [1.82, 2.24) is 42.5 Å². The summed E-state index contributed by atoms with van der Waals surface area (Å²) >= 11 is 0. The highest BCUT2D eigenvalue weighted by atomic mass is 16.2. The predicted octanol–water partition coefficient (Wildman–Crippen LogP) is -5.16. The molecule has 0 spiro atoms. The molecule has 1 aliphatic heterocycles. The number of aliphatic imine (C=N–C) groups is 4. The molecule has 30 heteroatoms. The van der Waals surface area contributed by atoms with E-state index in [1.165, 1.54) is 0 Å². The number of benzene rings is 2. The minimum Gasteiger partial charge on any atom is -0.370 e. The molecule has 3 rings (SSSR count). The van der Waals surface area contributed by atoms with Crippen molar-refractivity contribution in [2.45, 2.75) is 151 Å². The van der Waals surface area contributed by atoms with E-state index in [0.29, 0.717) is 36.8 Å². The highest BCUT2D eigenvalue weighted by molar-refractivity contribution is 5.99. The highest BCUT2D eigenvalue weighted by Crippen LogP contribution is 2.14. The summed E-state index contributed by atoms with van der Waals surface area (Å²) in [6.07, 6.45) is 1.69.